The SMILES string of the molecule is O=C(O)CCCCCCCCCCCCCCCNC(CCCNC(CCCNCCCCCCCCNCCCCCCCC(=O)O)C(=O)O)C(=O)O. The van der Waals surface area contributed by atoms with Crippen LogP contribution in [0.3, 0.4) is 0 Å². The number of carboxylic acids is 4. The van der Waals surface area contributed by atoms with E-state index in [0.29, 0.717) is 32.4 Å². The fourth-order valence-electron chi connectivity index (χ4n) is 6.78. The van der Waals surface area contributed by atoms with Gasteiger partial charge in [-0.2, -0.15) is 0 Å². The summed E-state index contributed by atoms with van der Waals surface area (Å²) in [7, 11) is 0. The van der Waals surface area contributed by atoms with Crippen molar-refractivity contribution in [3.63, 3.8) is 0 Å². The van der Waals surface area contributed by atoms with Crippen LogP contribution in [-0.2, 0) is 19.2 Å². The zero-order valence-corrected chi connectivity index (χ0v) is 34.0. The van der Waals surface area contributed by atoms with Gasteiger partial charge >= 0.3 is 23.9 Å². The molecule has 8 N–H and O–H groups in total. The minimum atomic E-state index is -0.857. The van der Waals surface area contributed by atoms with Gasteiger partial charge in [0.2, 0.25) is 0 Å². The average molecular weight is 771 g/mol. The molecule has 0 bridgehead atoms. The molecule has 54 heavy (non-hydrogen) atoms. The molecule has 0 spiro atoms. The molecule has 0 saturated carbocycles. The van der Waals surface area contributed by atoms with Gasteiger partial charge in [-0.15, -0.1) is 0 Å². The van der Waals surface area contributed by atoms with E-state index in [1.165, 1.54) is 89.9 Å². The van der Waals surface area contributed by atoms with E-state index in [1.807, 2.05) is 0 Å². The van der Waals surface area contributed by atoms with Gasteiger partial charge in [0, 0.05) is 12.8 Å². The van der Waals surface area contributed by atoms with Crippen molar-refractivity contribution < 1.29 is 39.6 Å². The molecule has 0 aliphatic rings. The Kier molecular flexibility index (Phi) is 38.7. The molecule has 12 heteroatoms. The molecule has 0 fully saturated rings. The molecule has 0 aromatic heterocycles. The number of rotatable bonds is 45. The quantitative estimate of drug-likeness (QED) is 0.0277. The van der Waals surface area contributed by atoms with Crippen LogP contribution in [0.5, 0.6) is 0 Å². The third-order valence-electron chi connectivity index (χ3n) is 10.2. The summed E-state index contributed by atoms with van der Waals surface area (Å²) in [5.41, 5.74) is 0. The maximum atomic E-state index is 11.7. The number of carbonyl (C=O) groups is 4. The number of unbranched alkanes of at least 4 members (excludes halogenated alkanes) is 21. The molecule has 0 saturated heterocycles. The summed E-state index contributed by atoms with van der Waals surface area (Å²) in [4.78, 5) is 44.5. The Morgan fingerprint density at radius 2 is 0.556 bits per heavy atom. The average Bonchev–Trinajstić information content (AvgIpc) is 3.13. The molecule has 2 unspecified atom stereocenters. The summed E-state index contributed by atoms with van der Waals surface area (Å²) >= 11 is 0. The fourth-order valence-corrected chi connectivity index (χ4v) is 6.78. The Bertz CT molecular complexity index is 894. The van der Waals surface area contributed by atoms with Crippen LogP contribution < -0.4 is 21.3 Å². The molecule has 0 aliphatic carbocycles. The van der Waals surface area contributed by atoms with E-state index in [4.69, 9.17) is 10.2 Å². The minimum absolute atomic E-state index is 0.288. The molecule has 12 nitrogen and oxygen atoms in total. The maximum absolute atomic E-state index is 11.7. The normalized spacial score (nSPS) is 12.5. The monoisotopic (exact) mass is 771 g/mol. The molecule has 0 aromatic carbocycles. The van der Waals surface area contributed by atoms with Crippen LogP contribution in [-0.4, -0.2) is 95.7 Å². The van der Waals surface area contributed by atoms with Gasteiger partial charge in [-0.3, -0.25) is 19.2 Å². The second kappa shape index (κ2) is 40.4. The van der Waals surface area contributed by atoms with Crippen molar-refractivity contribution in [2.75, 3.05) is 39.3 Å². The van der Waals surface area contributed by atoms with E-state index in [1.54, 1.807) is 0 Å². The van der Waals surface area contributed by atoms with E-state index >= 15 is 0 Å². The number of nitrogens with one attached hydrogen (secondary N) is 4. The molecular weight excluding hydrogens is 688 g/mol. The van der Waals surface area contributed by atoms with E-state index in [9.17, 15) is 29.4 Å². The van der Waals surface area contributed by atoms with E-state index < -0.39 is 36.0 Å². The van der Waals surface area contributed by atoms with Crippen molar-refractivity contribution in [2.45, 2.75) is 205 Å². The van der Waals surface area contributed by atoms with E-state index in [-0.39, 0.29) is 12.8 Å². The van der Waals surface area contributed by atoms with Crippen LogP contribution in [0.15, 0.2) is 0 Å². The van der Waals surface area contributed by atoms with Crippen molar-refractivity contribution in [2.24, 2.45) is 0 Å². The number of aliphatic carboxylic acids is 4. The largest absolute Gasteiger partial charge is 0.481 e. The Morgan fingerprint density at radius 3 is 0.870 bits per heavy atom. The molecule has 318 valence electrons. The molecule has 0 aromatic rings. The summed E-state index contributed by atoms with van der Waals surface area (Å²) in [5, 5.41) is 49.8. The van der Waals surface area contributed by atoms with Gasteiger partial charge in [-0.25, -0.2) is 0 Å². The fraction of sp³-hybridized carbons (Fsp3) is 0.905. The lowest BCUT2D eigenvalue weighted by atomic mass is 10.0. The lowest BCUT2D eigenvalue weighted by Crippen LogP contribution is -2.40. The number of hydrogen-bond donors (Lipinski definition) is 8. The third-order valence-corrected chi connectivity index (χ3v) is 10.2. The van der Waals surface area contributed by atoms with Crippen molar-refractivity contribution >= 4 is 23.9 Å². The van der Waals surface area contributed by atoms with Gasteiger partial charge in [0.1, 0.15) is 12.1 Å². The van der Waals surface area contributed by atoms with Crippen molar-refractivity contribution in [3.05, 3.63) is 0 Å². The van der Waals surface area contributed by atoms with Crippen LogP contribution in [0.4, 0.5) is 0 Å². The molecule has 2 atom stereocenters. The second-order valence-electron chi connectivity index (χ2n) is 15.2. The first-order valence-corrected chi connectivity index (χ1v) is 22.0. The van der Waals surface area contributed by atoms with Crippen LogP contribution >= 0.6 is 0 Å². The Balaban J connectivity index is 3.63. The Hall–Kier alpha value is -2.28. The molecule has 0 amide bonds. The van der Waals surface area contributed by atoms with Crippen LogP contribution in [0.25, 0.3) is 0 Å². The van der Waals surface area contributed by atoms with E-state index in [2.05, 4.69) is 21.3 Å². The summed E-state index contributed by atoms with van der Waals surface area (Å²) in [6.07, 6.45) is 30.4. The smallest absolute Gasteiger partial charge is 0.320 e. The van der Waals surface area contributed by atoms with Gasteiger partial charge in [-0.05, 0) is 103 Å². The highest BCUT2D eigenvalue weighted by Gasteiger charge is 2.18. The minimum Gasteiger partial charge on any atom is -0.481 e. The Labute approximate surface area is 328 Å². The molecule has 0 heterocycles. The van der Waals surface area contributed by atoms with Crippen LogP contribution in [0.2, 0.25) is 0 Å². The summed E-state index contributed by atoms with van der Waals surface area (Å²) < 4.78 is 0. The van der Waals surface area contributed by atoms with Gasteiger partial charge in [-0.1, -0.05) is 116 Å². The highest BCUT2D eigenvalue weighted by Crippen LogP contribution is 2.13. The number of carboxylic acid groups (broad SMARTS) is 4. The highest BCUT2D eigenvalue weighted by molar-refractivity contribution is 5.73. The van der Waals surface area contributed by atoms with Gasteiger partial charge in [0.25, 0.3) is 0 Å². The van der Waals surface area contributed by atoms with E-state index in [0.717, 1.165) is 96.8 Å². The summed E-state index contributed by atoms with van der Waals surface area (Å²) in [6, 6.07) is -1.22. The number of hydrogen-bond acceptors (Lipinski definition) is 8. The molecule has 0 aliphatic heterocycles. The van der Waals surface area contributed by atoms with Crippen LogP contribution in [0.1, 0.15) is 193 Å². The van der Waals surface area contributed by atoms with Crippen molar-refractivity contribution in [1.29, 1.82) is 0 Å². The Morgan fingerprint density at radius 1 is 0.315 bits per heavy atom. The predicted octanol–water partition coefficient (Wildman–Crippen LogP) is 8.12. The molecule has 0 rings (SSSR count). The standard InChI is InChI=1S/C42H82N4O8/c47-39(48)29-19-13-8-6-4-2-1-3-5-7-9-18-24-35-45-38(42(53)54)28-26-36-46-37(41(51)52)27-25-34-44-33-22-16-11-10-15-21-31-43-32-23-17-12-14-20-30-40(49)50/h37-38,43-46H,1-36H2,(H,47,48)(H,49,50)(H,51,52)(H,53,54). The highest BCUT2D eigenvalue weighted by atomic mass is 16.4. The zero-order valence-electron chi connectivity index (χ0n) is 34.0. The summed E-state index contributed by atoms with van der Waals surface area (Å²) in [5.74, 6) is -3.10. The molecular formula is C42H82N4O8. The zero-order chi connectivity index (χ0) is 39.7. The van der Waals surface area contributed by atoms with Gasteiger partial charge in [0.15, 0.2) is 0 Å². The lowest BCUT2D eigenvalue weighted by Gasteiger charge is -2.17. The van der Waals surface area contributed by atoms with Gasteiger partial charge < -0.3 is 41.7 Å². The van der Waals surface area contributed by atoms with Crippen molar-refractivity contribution in [3.8, 4) is 0 Å². The summed E-state index contributed by atoms with van der Waals surface area (Å²) in [6.45, 7) is 5.03. The first-order valence-electron chi connectivity index (χ1n) is 22.0. The molecule has 0 radical (unpaired) electrons. The second-order valence-corrected chi connectivity index (χ2v) is 15.2. The first-order chi connectivity index (χ1) is 26.2. The third kappa shape index (κ3) is 39.4. The predicted molar refractivity (Wildman–Crippen MR) is 218 cm³/mol. The lowest BCUT2D eigenvalue weighted by molar-refractivity contribution is -0.141. The maximum Gasteiger partial charge on any atom is 0.320 e. The topological polar surface area (TPSA) is 197 Å². The van der Waals surface area contributed by atoms with Crippen molar-refractivity contribution in [1.82, 2.24) is 21.3 Å². The van der Waals surface area contributed by atoms with Gasteiger partial charge in [0.05, 0.1) is 0 Å². The first kappa shape index (κ1) is 51.7. The van der Waals surface area contributed by atoms with Crippen LogP contribution in [0, 0.1) is 0 Å².